The van der Waals surface area contributed by atoms with Crippen LogP contribution in [0.2, 0.25) is 0 Å². The molecule has 4 heteroatoms. The second-order valence-electron chi connectivity index (χ2n) is 12.1. The number of aryl methyl sites for hydroxylation is 1. The third-order valence-electron chi connectivity index (χ3n) is 9.53. The maximum absolute atomic E-state index is 9.83. The molecule has 0 atom stereocenters. The number of furan rings is 1. The minimum absolute atomic E-state index is 0.537. The number of allylic oxidation sites excluding steroid dienone is 2. The van der Waals surface area contributed by atoms with Crippen LogP contribution >= 0.6 is 0 Å². The topological polar surface area (TPSA) is 46.8 Å². The molecule has 3 aromatic heterocycles. The molecule has 0 aliphatic carbocycles. The van der Waals surface area contributed by atoms with Gasteiger partial charge in [-0.25, -0.2) is 0 Å². The summed E-state index contributed by atoms with van der Waals surface area (Å²) in [6.45, 7) is 6.08. The molecule has 0 fully saturated rings. The highest BCUT2D eigenvalue weighted by Crippen LogP contribution is 2.41. The molecule has 9 rings (SSSR count). The van der Waals surface area contributed by atoms with Crippen molar-refractivity contribution in [3.8, 4) is 28.6 Å². The predicted molar refractivity (Wildman–Crippen MR) is 199 cm³/mol. The number of para-hydroxylation sites is 3. The average Bonchev–Trinajstić information content (AvgIpc) is 3.78. The van der Waals surface area contributed by atoms with Gasteiger partial charge in [0, 0.05) is 44.0 Å². The molecule has 6 aromatic carbocycles. The Bertz CT molecular complexity index is 2830. The summed E-state index contributed by atoms with van der Waals surface area (Å²) in [6, 6.07) is 46.9. The zero-order chi connectivity index (χ0) is 32.4. The van der Waals surface area contributed by atoms with E-state index in [1.54, 1.807) is 0 Å². The van der Waals surface area contributed by atoms with Gasteiger partial charge >= 0.3 is 0 Å². The van der Waals surface area contributed by atoms with Gasteiger partial charge in [-0.3, -0.25) is 0 Å². The second-order valence-corrected chi connectivity index (χ2v) is 12.1. The monoisotopic (exact) mass is 615 g/mol. The molecule has 48 heavy (non-hydrogen) atoms. The van der Waals surface area contributed by atoms with Gasteiger partial charge in [0.15, 0.2) is 11.2 Å². The molecule has 0 spiro atoms. The van der Waals surface area contributed by atoms with E-state index in [-0.39, 0.29) is 0 Å². The molecule has 0 bridgehead atoms. The second kappa shape index (κ2) is 10.8. The van der Waals surface area contributed by atoms with Gasteiger partial charge in [-0.2, -0.15) is 5.26 Å². The van der Waals surface area contributed by atoms with Crippen LogP contribution in [0.3, 0.4) is 0 Å². The molecule has 0 unspecified atom stereocenters. The van der Waals surface area contributed by atoms with E-state index < -0.39 is 0 Å². The summed E-state index contributed by atoms with van der Waals surface area (Å²) in [5.74, 6) is 0. The molecule has 0 radical (unpaired) electrons. The number of aromatic nitrogens is 2. The van der Waals surface area contributed by atoms with Crippen LogP contribution in [-0.4, -0.2) is 9.13 Å². The van der Waals surface area contributed by atoms with Gasteiger partial charge in [0.05, 0.1) is 22.1 Å². The minimum atomic E-state index is 0.537. The van der Waals surface area contributed by atoms with Crippen LogP contribution in [0.25, 0.3) is 83.2 Å². The van der Waals surface area contributed by atoms with Crippen LogP contribution < -0.4 is 0 Å². The maximum atomic E-state index is 9.83. The number of hydrogen-bond donors (Lipinski definition) is 0. The van der Waals surface area contributed by atoms with E-state index in [1.807, 2.05) is 30.4 Å². The molecule has 0 aliphatic rings. The zero-order valence-electron chi connectivity index (χ0n) is 26.3. The third-order valence-corrected chi connectivity index (χ3v) is 9.53. The van der Waals surface area contributed by atoms with Crippen LogP contribution in [0.4, 0.5) is 0 Å². The van der Waals surface area contributed by atoms with Crippen molar-refractivity contribution in [2.24, 2.45) is 0 Å². The van der Waals surface area contributed by atoms with Crippen molar-refractivity contribution in [3.63, 3.8) is 0 Å². The molecule has 0 saturated carbocycles. The zero-order valence-corrected chi connectivity index (χ0v) is 26.3. The first kappa shape index (κ1) is 27.7. The summed E-state index contributed by atoms with van der Waals surface area (Å²) in [5, 5.41) is 15.3. The number of nitriles is 1. The van der Waals surface area contributed by atoms with Crippen molar-refractivity contribution >= 4 is 60.7 Å². The van der Waals surface area contributed by atoms with Gasteiger partial charge in [0.1, 0.15) is 6.07 Å². The van der Waals surface area contributed by atoms with Crippen LogP contribution in [0.1, 0.15) is 16.8 Å². The molecular formula is C44H29N3O. The molecule has 0 saturated heterocycles. The average molecular weight is 616 g/mol. The first-order chi connectivity index (χ1) is 23.7. The van der Waals surface area contributed by atoms with Crippen molar-refractivity contribution < 1.29 is 4.42 Å². The Morgan fingerprint density at radius 3 is 1.96 bits per heavy atom. The Hall–Kier alpha value is -6.57. The lowest BCUT2D eigenvalue weighted by Crippen LogP contribution is -1.98. The fraction of sp³-hybridized carbons (Fsp3) is 0.0227. The number of benzene rings is 6. The molecule has 0 aliphatic heterocycles. The van der Waals surface area contributed by atoms with E-state index in [9.17, 15) is 5.26 Å². The number of fused-ring (bicyclic) bond motifs is 8. The van der Waals surface area contributed by atoms with Gasteiger partial charge in [0.2, 0.25) is 0 Å². The van der Waals surface area contributed by atoms with Crippen molar-refractivity contribution in [2.45, 2.75) is 6.92 Å². The predicted octanol–water partition coefficient (Wildman–Crippen LogP) is 11.7. The molecule has 226 valence electrons. The first-order valence-electron chi connectivity index (χ1n) is 16.0. The van der Waals surface area contributed by atoms with Gasteiger partial charge in [-0.1, -0.05) is 97.6 Å². The summed E-state index contributed by atoms with van der Waals surface area (Å²) < 4.78 is 11.2. The third kappa shape index (κ3) is 4.02. The van der Waals surface area contributed by atoms with Crippen LogP contribution in [0.15, 0.2) is 151 Å². The largest absolute Gasteiger partial charge is 0.452 e. The summed E-state index contributed by atoms with van der Waals surface area (Å²) in [6.07, 6.45) is 5.95. The van der Waals surface area contributed by atoms with Crippen molar-refractivity contribution in [3.05, 3.63) is 163 Å². The standard InChI is InChI=1S/C44H29N3O/c1-3-4-20-39-28(2)34-17-5-7-21-40(34)46(39)32-15-9-12-29(25-32)30-13-10-16-33(26-30)47-41-22-8-6-18-35(41)36-23-24-38-37-19-11-14-31(27-45)43(37)48-44(38)42(36)47/h3-26H,1H2,2H3/b20-4-. The Morgan fingerprint density at radius 1 is 0.625 bits per heavy atom. The quantitative estimate of drug-likeness (QED) is 0.181. The fourth-order valence-electron chi connectivity index (χ4n) is 7.37. The highest BCUT2D eigenvalue weighted by molar-refractivity contribution is 6.21. The Balaban J connectivity index is 1.27. The van der Waals surface area contributed by atoms with E-state index in [2.05, 4.69) is 144 Å². The van der Waals surface area contributed by atoms with E-state index in [4.69, 9.17) is 4.42 Å². The summed E-state index contributed by atoms with van der Waals surface area (Å²) in [4.78, 5) is 0. The minimum Gasteiger partial charge on any atom is -0.452 e. The van der Waals surface area contributed by atoms with Crippen molar-refractivity contribution in [2.75, 3.05) is 0 Å². The number of rotatable bonds is 5. The Kier molecular flexibility index (Phi) is 6.21. The molecule has 3 heterocycles. The summed E-state index contributed by atoms with van der Waals surface area (Å²) in [7, 11) is 0. The van der Waals surface area contributed by atoms with Crippen LogP contribution in [0.5, 0.6) is 0 Å². The first-order valence-corrected chi connectivity index (χ1v) is 16.0. The Morgan fingerprint density at radius 2 is 1.23 bits per heavy atom. The van der Waals surface area contributed by atoms with Crippen LogP contribution in [-0.2, 0) is 0 Å². The van der Waals surface area contributed by atoms with Gasteiger partial charge in [0.25, 0.3) is 0 Å². The van der Waals surface area contributed by atoms with E-state index in [0.717, 1.165) is 66.4 Å². The molecule has 0 N–H and O–H groups in total. The maximum Gasteiger partial charge on any atom is 0.160 e. The van der Waals surface area contributed by atoms with E-state index >= 15 is 0 Å². The summed E-state index contributed by atoms with van der Waals surface area (Å²) in [5.41, 5.74) is 11.9. The Labute approximate surface area is 277 Å². The van der Waals surface area contributed by atoms with Crippen molar-refractivity contribution in [1.29, 1.82) is 5.26 Å². The van der Waals surface area contributed by atoms with Gasteiger partial charge < -0.3 is 13.6 Å². The van der Waals surface area contributed by atoms with E-state index in [1.165, 1.54) is 16.5 Å². The molecular weight excluding hydrogens is 587 g/mol. The van der Waals surface area contributed by atoms with Crippen molar-refractivity contribution in [1.82, 2.24) is 9.13 Å². The molecule has 4 nitrogen and oxygen atoms in total. The fourth-order valence-corrected chi connectivity index (χ4v) is 7.37. The lowest BCUT2D eigenvalue weighted by Gasteiger charge is -2.13. The smallest absolute Gasteiger partial charge is 0.160 e. The normalized spacial score (nSPS) is 11.8. The molecule has 9 aromatic rings. The van der Waals surface area contributed by atoms with Gasteiger partial charge in [-0.05, 0) is 78.2 Å². The lowest BCUT2D eigenvalue weighted by molar-refractivity contribution is 0.670. The lowest BCUT2D eigenvalue weighted by atomic mass is 10.0. The van der Waals surface area contributed by atoms with Crippen LogP contribution in [0, 0.1) is 18.3 Å². The van der Waals surface area contributed by atoms with E-state index in [0.29, 0.717) is 11.1 Å². The SMILES string of the molecule is C=C/C=C\c1c(C)c2ccccc2n1-c1cccc(-c2cccc(-n3c4ccccc4c4ccc5c6cccc(C#N)c6oc5c43)c2)c1. The molecule has 0 amide bonds. The van der Waals surface area contributed by atoms with Gasteiger partial charge in [-0.15, -0.1) is 0 Å². The summed E-state index contributed by atoms with van der Waals surface area (Å²) >= 11 is 0. The number of hydrogen-bond acceptors (Lipinski definition) is 2. The highest BCUT2D eigenvalue weighted by atomic mass is 16.3. The number of nitrogens with zero attached hydrogens (tertiary/aromatic N) is 3. The highest BCUT2D eigenvalue weighted by Gasteiger charge is 2.20.